The Morgan fingerprint density at radius 2 is 1.80 bits per heavy atom. The van der Waals surface area contributed by atoms with E-state index in [4.69, 9.17) is 5.73 Å². The van der Waals surface area contributed by atoms with Crippen LogP contribution in [0.25, 0.3) is 0 Å². The Labute approximate surface area is 92.4 Å². The van der Waals surface area contributed by atoms with E-state index in [1.807, 2.05) is 21.1 Å². The summed E-state index contributed by atoms with van der Waals surface area (Å²) in [5.41, 5.74) is 5.81. The van der Waals surface area contributed by atoms with E-state index in [0.29, 0.717) is 23.1 Å². The monoisotopic (exact) mass is 214 g/mol. The highest BCUT2D eigenvalue weighted by molar-refractivity contribution is 5.77. The molecule has 4 heteroatoms. The van der Waals surface area contributed by atoms with E-state index in [1.165, 1.54) is 0 Å². The van der Waals surface area contributed by atoms with Crippen molar-refractivity contribution in [2.24, 2.45) is 5.73 Å². The minimum Gasteiger partial charge on any atom is -0.348 e. The van der Waals surface area contributed by atoms with Crippen LogP contribution < -0.4 is 11.1 Å². The van der Waals surface area contributed by atoms with Gasteiger partial charge in [-0.2, -0.15) is 0 Å². The maximum Gasteiger partial charge on any atom is 0.275 e. The summed E-state index contributed by atoms with van der Waals surface area (Å²) in [6, 6.07) is 0.695. The second-order valence-corrected chi connectivity index (χ2v) is 5.63. The van der Waals surface area contributed by atoms with Crippen molar-refractivity contribution in [2.75, 3.05) is 27.7 Å². The van der Waals surface area contributed by atoms with Crippen LogP contribution in [0.2, 0.25) is 0 Å². The van der Waals surface area contributed by atoms with Gasteiger partial charge in [-0.25, -0.2) is 0 Å². The van der Waals surface area contributed by atoms with Gasteiger partial charge in [0.2, 0.25) is 0 Å². The van der Waals surface area contributed by atoms with E-state index < -0.39 is 0 Å². The number of nitrogens with zero attached hydrogens (tertiary/aromatic N) is 1. The molecule has 1 saturated carbocycles. The summed E-state index contributed by atoms with van der Waals surface area (Å²) in [7, 11) is 6.07. The highest BCUT2D eigenvalue weighted by Crippen LogP contribution is 2.16. The second-order valence-electron chi connectivity index (χ2n) is 5.63. The number of likely N-dealkylation sites (N-methyl/N-ethyl adjacent to an activating group) is 1. The number of nitrogens with one attached hydrogen (secondary N) is 1. The molecule has 3 N–H and O–H groups in total. The zero-order valence-corrected chi connectivity index (χ0v) is 10.1. The molecular formula is C11H24N3O+. The first kappa shape index (κ1) is 12.5. The molecule has 1 rings (SSSR count). The number of amides is 1. The summed E-state index contributed by atoms with van der Waals surface area (Å²) in [5, 5.41) is 3.09. The van der Waals surface area contributed by atoms with Gasteiger partial charge < -0.3 is 15.5 Å². The summed E-state index contributed by atoms with van der Waals surface area (Å²) in [5.74, 6) is 0.156. The Hall–Kier alpha value is -0.610. The molecule has 0 saturated heterocycles. The molecule has 1 fully saturated rings. The number of carbonyl (C=O) groups excluding carboxylic acids is 1. The number of nitrogens with two attached hydrogens (primary N) is 1. The zero-order chi connectivity index (χ0) is 11.5. The molecule has 0 aromatic rings. The van der Waals surface area contributed by atoms with Gasteiger partial charge in [0, 0.05) is 12.1 Å². The molecule has 0 heterocycles. The summed E-state index contributed by atoms with van der Waals surface area (Å²) in [4.78, 5) is 11.7. The van der Waals surface area contributed by atoms with Gasteiger partial charge in [-0.1, -0.05) is 0 Å². The number of carbonyl (C=O) groups is 1. The molecule has 0 bridgehead atoms. The van der Waals surface area contributed by atoms with Crippen LogP contribution in [0.3, 0.4) is 0 Å². The normalized spacial score (nSPS) is 27.5. The average molecular weight is 214 g/mol. The summed E-state index contributed by atoms with van der Waals surface area (Å²) < 4.78 is 0.679. The van der Waals surface area contributed by atoms with Crippen LogP contribution in [0, 0.1) is 0 Å². The predicted molar refractivity (Wildman–Crippen MR) is 61.3 cm³/mol. The van der Waals surface area contributed by atoms with Crippen LogP contribution in [-0.2, 0) is 4.79 Å². The topological polar surface area (TPSA) is 55.1 Å². The van der Waals surface area contributed by atoms with E-state index in [1.54, 1.807) is 0 Å². The van der Waals surface area contributed by atoms with Gasteiger partial charge in [0.15, 0.2) is 6.54 Å². The fourth-order valence-corrected chi connectivity index (χ4v) is 1.97. The number of quaternary nitrogens is 1. The molecule has 88 valence electrons. The van der Waals surface area contributed by atoms with Crippen molar-refractivity contribution in [1.82, 2.24) is 5.32 Å². The molecule has 0 aromatic heterocycles. The van der Waals surface area contributed by atoms with E-state index in [-0.39, 0.29) is 5.91 Å². The smallest absolute Gasteiger partial charge is 0.275 e. The van der Waals surface area contributed by atoms with Gasteiger partial charge in [0.1, 0.15) is 0 Å². The van der Waals surface area contributed by atoms with Crippen molar-refractivity contribution < 1.29 is 9.28 Å². The van der Waals surface area contributed by atoms with Crippen LogP contribution in [0.5, 0.6) is 0 Å². The van der Waals surface area contributed by atoms with Crippen molar-refractivity contribution in [3.8, 4) is 0 Å². The van der Waals surface area contributed by atoms with Crippen LogP contribution in [0.1, 0.15) is 25.7 Å². The van der Waals surface area contributed by atoms with Crippen LogP contribution in [0.4, 0.5) is 0 Å². The lowest BCUT2D eigenvalue weighted by atomic mass is 9.92. The van der Waals surface area contributed by atoms with E-state index >= 15 is 0 Å². The Balaban J connectivity index is 2.27. The molecule has 0 aliphatic heterocycles. The van der Waals surface area contributed by atoms with Crippen molar-refractivity contribution in [3.63, 3.8) is 0 Å². The maximum absolute atomic E-state index is 11.7. The Morgan fingerprint density at radius 1 is 1.27 bits per heavy atom. The van der Waals surface area contributed by atoms with Crippen LogP contribution >= 0.6 is 0 Å². The number of hydrogen-bond donors (Lipinski definition) is 2. The predicted octanol–water partition coefficient (Wildman–Crippen LogP) is 0.0787. The molecule has 1 amide bonds. The SMILES string of the molecule is C[N+](C)(C)CC(=O)NC1CCC(N)CC1. The average Bonchev–Trinajstić information content (AvgIpc) is 2.05. The molecule has 0 aromatic carbocycles. The summed E-state index contributed by atoms with van der Waals surface area (Å²) in [6.45, 7) is 0.544. The molecule has 0 spiro atoms. The maximum atomic E-state index is 11.7. The fourth-order valence-electron chi connectivity index (χ4n) is 1.97. The molecular weight excluding hydrogens is 190 g/mol. The van der Waals surface area contributed by atoms with Crippen molar-refractivity contribution >= 4 is 5.91 Å². The van der Waals surface area contributed by atoms with E-state index in [9.17, 15) is 4.79 Å². The van der Waals surface area contributed by atoms with Crippen molar-refractivity contribution in [1.29, 1.82) is 0 Å². The van der Waals surface area contributed by atoms with Crippen molar-refractivity contribution in [2.45, 2.75) is 37.8 Å². The molecule has 0 atom stereocenters. The summed E-state index contributed by atoms with van der Waals surface area (Å²) in [6.07, 6.45) is 4.14. The first-order valence-electron chi connectivity index (χ1n) is 5.72. The van der Waals surface area contributed by atoms with Gasteiger partial charge in [-0.3, -0.25) is 4.79 Å². The molecule has 0 radical (unpaired) electrons. The Bertz CT molecular complexity index is 214. The van der Waals surface area contributed by atoms with E-state index in [2.05, 4.69) is 5.32 Å². The minimum absolute atomic E-state index is 0.156. The molecule has 4 nitrogen and oxygen atoms in total. The lowest BCUT2D eigenvalue weighted by Gasteiger charge is -2.29. The number of rotatable bonds is 3. The number of hydrogen-bond acceptors (Lipinski definition) is 2. The summed E-state index contributed by atoms with van der Waals surface area (Å²) >= 11 is 0. The third kappa shape index (κ3) is 5.14. The lowest BCUT2D eigenvalue weighted by molar-refractivity contribution is -0.862. The van der Waals surface area contributed by atoms with Gasteiger partial charge in [-0.15, -0.1) is 0 Å². The van der Waals surface area contributed by atoms with Crippen molar-refractivity contribution in [3.05, 3.63) is 0 Å². The lowest BCUT2D eigenvalue weighted by Crippen LogP contribution is -2.48. The fraction of sp³-hybridized carbons (Fsp3) is 0.909. The molecule has 0 unspecified atom stereocenters. The molecule has 1 aliphatic rings. The van der Waals surface area contributed by atoms with Gasteiger partial charge in [-0.05, 0) is 25.7 Å². The Kier molecular flexibility index (Phi) is 4.11. The van der Waals surface area contributed by atoms with Gasteiger partial charge in [0.25, 0.3) is 5.91 Å². The largest absolute Gasteiger partial charge is 0.348 e. The highest BCUT2D eigenvalue weighted by Gasteiger charge is 2.22. The molecule has 1 aliphatic carbocycles. The van der Waals surface area contributed by atoms with Crippen LogP contribution in [-0.4, -0.2) is 50.2 Å². The first-order valence-corrected chi connectivity index (χ1v) is 5.72. The third-order valence-electron chi connectivity index (χ3n) is 2.75. The first-order chi connectivity index (χ1) is 6.87. The zero-order valence-electron chi connectivity index (χ0n) is 10.1. The standard InChI is InChI=1S/C11H23N3O/c1-14(2,3)8-11(15)13-10-6-4-9(12)5-7-10/h9-10H,4-8,12H2,1-3H3/p+1. The second kappa shape index (κ2) is 4.94. The Morgan fingerprint density at radius 3 is 2.27 bits per heavy atom. The minimum atomic E-state index is 0.156. The van der Waals surface area contributed by atoms with E-state index in [0.717, 1.165) is 25.7 Å². The van der Waals surface area contributed by atoms with Gasteiger partial charge >= 0.3 is 0 Å². The third-order valence-corrected chi connectivity index (χ3v) is 2.75. The molecule has 15 heavy (non-hydrogen) atoms. The van der Waals surface area contributed by atoms with Crippen LogP contribution in [0.15, 0.2) is 0 Å². The highest BCUT2D eigenvalue weighted by atomic mass is 16.2. The quantitative estimate of drug-likeness (QED) is 0.654. The van der Waals surface area contributed by atoms with Gasteiger partial charge in [0.05, 0.1) is 21.1 Å².